The molecule has 1 fully saturated rings. The molecule has 2 N–H and O–H groups in total. The van der Waals surface area contributed by atoms with E-state index < -0.39 is 12.0 Å². The van der Waals surface area contributed by atoms with Gasteiger partial charge in [-0.15, -0.1) is 11.8 Å². The van der Waals surface area contributed by atoms with Gasteiger partial charge in [0.2, 0.25) is 0 Å². The quantitative estimate of drug-likeness (QED) is 0.852. The van der Waals surface area contributed by atoms with Gasteiger partial charge in [-0.3, -0.25) is 0 Å². The lowest BCUT2D eigenvalue weighted by Gasteiger charge is -2.22. The van der Waals surface area contributed by atoms with Crippen LogP contribution in [-0.4, -0.2) is 39.7 Å². The number of carbonyl (C=O) groups excluding carboxylic acids is 1. The van der Waals surface area contributed by atoms with Crippen molar-refractivity contribution in [3.63, 3.8) is 0 Å². The van der Waals surface area contributed by atoms with E-state index in [4.69, 9.17) is 5.11 Å². The summed E-state index contributed by atoms with van der Waals surface area (Å²) in [5, 5.41) is 11.9. The van der Waals surface area contributed by atoms with Gasteiger partial charge < -0.3 is 15.3 Å². The number of nitrogens with zero attached hydrogens (tertiary/aromatic N) is 1. The molecule has 20 heavy (non-hydrogen) atoms. The second-order valence-corrected chi connectivity index (χ2v) is 6.58. The summed E-state index contributed by atoms with van der Waals surface area (Å²) in [5.74, 6) is -0.132. The maximum absolute atomic E-state index is 12.2. The number of urea groups is 1. The van der Waals surface area contributed by atoms with Crippen LogP contribution < -0.4 is 5.32 Å². The molecule has 1 saturated heterocycles. The zero-order valence-electron chi connectivity index (χ0n) is 11.1. The van der Waals surface area contributed by atoms with Gasteiger partial charge in [0, 0.05) is 15.9 Å². The lowest BCUT2D eigenvalue weighted by atomic mass is 10.1. The zero-order chi connectivity index (χ0) is 14.9. The van der Waals surface area contributed by atoms with Crippen molar-refractivity contribution >= 4 is 45.4 Å². The number of anilines is 1. The van der Waals surface area contributed by atoms with Gasteiger partial charge in [-0.25, -0.2) is 9.59 Å². The van der Waals surface area contributed by atoms with Crippen molar-refractivity contribution in [2.45, 2.75) is 19.9 Å². The van der Waals surface area contributed by atoms with Crippen LogP contribution in [0.15, 0.2) is 16.6 Å². The van der Waals surface area contributed by atoms with Gasteiger partial charge in [0.1, 0.15) is 6.04 Å². The summed E-state index contributed by atoms with van der Waals surface area (Å²) in [4.78, 5) is 24.7. The number of aryl methyl sites for hydroxylation is 2. The Morgan fingerprint density at radius 1 is 1.40 bits per heavy atom. The molecule has 2 amide bonds. The number of aliphatic carboxylic acids is 1. The van der Waals surface area contributed by atoms with Crippen LogP contribution in [0.2, 0.25) is 0 Å². The van der Waals surface area contributed by atoms with Gasteiger partial charge >= 0.3 is 12.0 Å². The summed E-state index contributed by atoms with van der Waals surface area (Å²) in [7, 11) is 0. The molecule has 0 radical (unpaired) electrons. The van der Waals surface area contributed by atoms with Crippen molar-refractivity contribution in [1.82, 2.24) is 4.90 Å². The smallest absolute Gasteiger partial charge is 0.327 e. The molecule has 2 rings (SSSR count). The fourth-order valence-electron chi connectivity index (χ4n) is 2.13. The predicted molar refractivity (Wildman–Crippen MR) is 83.2 cm³/mol. The SMILES string of the molecule is Cc1cc(Br)cc(C)c1NC(=O)N1CSC[C@H]1C(=O)O. The molecule has 0 bridgehead atoms. The van der Waals surface area contributed by atoms with Crippen molar-refractivity contribution in [1.29, 1.82) is 0 Å². The summed E-state index contributed by atoms with van der Waals surface area (Å²) < 4.78 is 0.950. The van der Waals surface area contributed by atoms with Crippen LogP contribution >= 0.6 is 27.7 Å². The Bertz CT molecular complexity index is 542. The first-order chi connectivity index (χ1) is 9.40. The maximum atomic E-state index is 12.2. The average Bonchev–Trinajstić information content (AvgIpc) is 2.82. The number of carboxylic acid groups (broad SMARTS) is 1. The third kappa shape index (κ3) is 3.09. The van der Waals surface area contributed by atoms with Crippen LogP contribution in [0.1, 0.15) is 11.1 Å². The summed E-state index contributed by atoms with van der Waals surface area (Å²) in [6, 6.07) is 2.71. The van der Waals surface area contributed by atoms with Gasteiger partial charge in [0.15, 0.2) is 0 Å². The Hall–Kier alpha value is -1.21. The minimum atomic E-state index is -0.964. The van der Waals surface area contributed by atoms with Crippen molar-refractivity contribution in [2.24, 2.45) is 0 Å². The third-order valence-corrected chi connectivity index (χ3v) is 4.63. The molecule has 1 aliphatic heterocycles. The lowest BCUT2D eigenvalue weighted by molar-refractivity contribution is -0.140. The zero-order valence-corrected chi connectivity index (χ0v) is 13.5. The van der Waals surface area contributed by atoms with E-state index in [-0.39, 0.29) is 6.03 Å². The van der Waals surface area contributed by atoms with Gasteiger partial charge in [-0.05, 0) is 37.1 Å². The topological polar surface area (TPSA) is 69.6 Å². The van der Waals surface area contributed by atoms with Crippen molar-refractivity contribution < 1.29 is 14.7 Å². The number of rotatable bonds is 2. The molecular weight excluding hydrogens is 344 g/mol. The number of nitrogens with one attached hydrogen (secondary N) is 1. The first-order valence-corrected chi connectivity index (χ1v) is 8.00. The van der Waals surface area contributed by atoms with Crippen molar-refractivity contribution in [3.8, 4) is 0 Å². The minimum absolute atomic E-state index is 0.365. The largest absolute Gasteiger partial charge is 0.480 e. The number of carboxylic acids is 1. The normalized spacial score (nSPS) is 18.1. The highest BCUT2D eigenvalue weighted by atomic mass is 79.9. The fraction of sp³-hybridized carbons (Fsp3) is 0.385. The van der Waals surface area contributed by atoms with Crippen LogP contribution in [0.4, 0.5) is 10.5 Å². The van der Waals surface area contributed by atoms with Gasteiger partial charge in [0.05, 0.1) is 5.88 Å². The van der Waals surface area contributed by atoms with E-state index in [1.807, 2.05) is 26.0 Å². The number of benzene rings is 1. The molecule has 1 aromatic carbocycles. The highest BCUT2D eigenvalue weighted by Gasteiger charge is 2.34. The molecule has 1 heterocycles. The molecule has 1 aromatic rings. The van der Waals surface area contributed by atoms with Crippen LogP contribution in [-0.2, 0) is 4.79 Å². The summed E-state index contributed by atoms with van der Waals surface area (Å²) in [6.07, 6.45) is 0. The Balaban J connectivity index is 2.18. The van der Waals surface area contributed by atoms with E-state index in [9.17, 15) is 9.59 Å². The standard InChI is InChI=1S/C13H15BrN2O3S/c1-7-3-9(14)4-8(2)11(7)15-13(19)16-6-20-5-10(16)12(17)18/h3-4,10H,5-6H2,1-2H3,(H,15,19)(H,17,18)/t10-/m0/s1. The van der Waals surface area contributed by atoms with Gasteiger partial charge in [-0.1, -0.05) is 15.9 Å². The Morgan fingerprint density at radius 2 is 2.00 bits per heavy atom. The molecule has 0 saturated carbocycles. The molecule has 108 valence electrons. The molecule has 0 aromatic heterocycles. The van der Waals surface area contributed by atoms with E-state index >= 15 is 0 Å². The van der Waals surface area contributed by atoms with Crippen LogP contribution in [0.3, 0.4) is 0 Å². The first-order valence-electron chi connectivity index (χ1n) is 6.05. The van der Waals surface area contributed by atoms with E-state index in [0.717, 1.165) is 21.3 Å². The number of carbonyl (C=O) groups is 2. The van der Waals surface area contributed by atoms with Crippen LogP contribution in [0, 0.1) is 13.8 Å². The number of hydrogen-bond acceptors (Lipinski definition) is 3. The molecule has 1 aliphatic rings. The summed E-state index contributed by atoms with van der Waals surface area (Å²) in [6.45, 7) is 3.81. The Kier molecular flexibility index (Phi) is 4.59. The fourth-order valence-corrected chi connectivity index (χ4v) is 3.97. The third-order valence-electron chi connectivity index (χ3n) is 3.16. The van der Waals surface area contributed by atoms with Gasteiger partial charge in [0.25, 0.3) is 0 Å². The number of thioether (sulfide) groups is 1. The second-order valence-electron chi connectivity index (χ2n) is 4.67. The molecular formula is C13H15BrN2O3S. The number of halogens is 1. The summed E-state index contributed by atoms with van der Waals surface area (Å²) >= 11 is 4.85. The minimum Gasteiger partial charge on any atom is -0.480 e. The molecule has 0 unspecified atom stereocenters. The highest BCUT2D eigenvalue weighted by Crippen LogP contribution is 2.27. The lowest BCUT2D eigenvalue weighted by Crippen LogP contribution is -2.44. The summed E-state index contributed by atoms with van der Waals surface area (Å²) in [5.41, 5.74) is 2.60. The first kappa shape index (κ1) is 15.2. The maximum Gasteiger partial charge on any atom is 0.327 e. The molecule has 1 atom stereocenters. The average molecular weight is 359 g/mol. The van der Waals surface area contributed by atoms with E-state index in [2.05, 4.69) is 21.2 Å². The second kappa shape index (κ2) is 6.05. The van der Waals surface area contributed by atoms with Crippen molar-refractivity contribution in [3.05, 3.63) is 27.7 Å². The number of amides is 2. The molecule has 0 spiro atoms. The van der Waals surface area contributed by atoms with E-state index in [1.54, 1.807) is 0 Å². The monoisotopic (exact) mass is 358 g/mol. The predicted octanol–water partition coefficient (Wildman–Crippen LogP) is 3.06. The van der Waals surface area contributed by atoms with Crippen molar-refractivity contribution in [2.75, 3.05) is 16.9 Å². The van der Waals surface area contributed by atoms with Gasteiger partial charge in [-0.2, -0.15) is 0 Å². The Morgan fingerprint density at radius 3 is 2.55 bits per heavy atom. The Labute approximate surface area is 129 Å². The number of hydrogen-bond donors (Lipinski definition) is 2. The molecule has 0 aliphatic carbocycles. The van der Waals surface area contributed by atoms with E-state index in [1.165, 1.54) is 16.7 Å². The van der Waals surface area contributed by atoms with Crippen LogP contribution in [0.5, 0.6) is 0 Å². The van der Waals surface area contributed by atoms with Crippen LogP contribution in [0.25, 0.3) is 0 Å². The highest BCUT2D eigenvalue weighted by molar-refractivity contribution is 9.10. The molecule has 5 nitrogen and oxygen atoms in total. The molecule has 7 heteroatoms. The van der Waals surface area contributed by atoms with E-state index in [0.29, 0.717) is 11.6 Å².